The van der Waals surface area contributed by atoms with Gasteiger partial charge in [0.2, 0.25) is 0 Å². The van der Waals surface area contributed by atoms with Gasteiger partial charge in [-0.2, -0.15) is 13.2 Å². The number of nitrogens with one attached hydrogen (secondary N) is 1. The van der Waals surface area contributed by atoms with Crippen molar-refractivity contribution in [3.63, 3.8) is 0 Å². The molecule has 1 amide bonds. The van der Waals surface area contributed by atoms with Crippen molar-refractivity contribution in [2.24, 2.45) is 0 Å². The molecule has 2 nitrogen and oxygen atoms in total. The van der Waals surface area contributed by atoms with E-state index in [0.717, 1.165) is 31.7 Å². The van der Waals surface area contributed by atoms with Crippen molar-refractivity contribution in [2.75, 3.05) is 0 Å². The molecule has 110 valence electrons. The molecule has 1 aliphatic carbocycles. The lowest BCUT2D eigenvalue weighted by molar-refractivity contribution is -0.138. The van der Waals surface area contributed by atoms with Crippen LogP contribution in [0.25, 0.3) is 0 Å². The predicted molar refractivity (Wildman–Crippen MR) is 78.5 cm³/mol. The molecule has 1 fully saturated rings. The summed E-state index contributed by atoms with van der Waals surface area (Å²) >= 11 is 1.62. The number of alkyl halides is 3. The van der Waals surface area contributed by atoms with Crippen molar-refractivity contribution in [1.29, 1.82) is 0 Å². The minimum Gasteiger partial charge on any atom is -0.349 e. The summed E-state index contributed by atoms with van der Waals surface area (Å²) in [5.74, 6) is -0.288. The predicted octanol–water partition coefficient (Wildman–Crippen LogP) is 4.37. The van der Waals surface area contributed by atoms with Gasteiger partial charge in [0.25, 0.3) is 5.91 Å². The van der Waals surface area contributed by atoms with Crippen molar-refractivity contribution in [3.05, 3.63) is 32.9 Å². The topological polar surface area (TPSA) is 29.1 Å². The van der Waals surface area contributed by atoms with Gasteiger partial charge in [-0.05, 0) is 53.6 Å². The zero-order valence-corrected chi connectivity index (χ0v) is 12.9. The van der Waals surface area contributed by atoms with Crippen molar-refractivity contribution in [2.45, 2.75) is 44.3 Å². The maximum absolute atomic E-state index is 12.6. The van der Waals surface area contributed by atoms with E-state index in [1.165, 1.54) is 18.6 Å². The fourth-order valence-electron chi connectivity index (χ4n) is 2.40. The first-order chi connectivity index (χ1) is 9.38. The molecule has 0 spiro atoms. The van der Waals surface area contributed by atoms with E-state index in [-0.39, 0.29) is 21.1 Å². The second-order valence-corrected chi connectivity index (χ2v) is 6.16. The molecule has 0 unspecified atom stereocenters. The molecular formula is C14H15F3INO. The molecule has 0 aromatic heterocycles. The Balaban J connectivity index is 2.09. The number of benzene rings is 1. The Morgan fingerprint density at radius 2 is 1.85 bits per heavy atom. The van der Waals surface area contributed by atoms with E-state index >= 15 is 0 Å². The zero-order valence-electron chi connectivity index (χ0n) is 10.8. The van der Waals surface area contributed by atoms with Gasteiger partial charge in [0.1, 0.15) is 0 Å². The molecule has 6 heteroatoms. The maximum atomic E-state index is 12.6. The van der Waals surface area contributed by atoms with Crippen LogP contribution >= 0.6 is 22.6 Å². The highest BCUT2D eigenvalue weighted by Crippen LogP contribution is 2.33. The van der Waals surface area contributed by atoms with Crippen molar-refractivity contribution >= 4 is 28.5 Å². The Hall–Kier alpha value is -0.790. The molecule has 0 aliphatic heterocycles. The van der Waals surface area contributed by atoms with E-state index < -0.39 is 11.7 Å². The molecule has 1 aromatic rings. The monoisotopic (exact) mass is 397 g/mol. The lowest BCUT2D eigenvalue weighted by Crippen LogP contribution is -2.36. The third kappa shape index (κ3) is 3.86. The van der Waals surface area contributed by atoms with Crippen molar-refractivity contribution in [1.82, 2.24) is 5.32 Å². The van der Waals surface area contributed by atoms with Crippen LogP contribution in [-0.2, 0) is 6.18 Å². The molecule has 0 saturated heterocycles. The Labute approximate surface area is 129 Å². The van der Waals surface area contributed by atoms with Gasteiger partial charge >= 0.3 is 6.18 Å². The molecule has 0 atom stereocenters. The lowest BCUT2D eigenvalue weighted by Gasteiger charge is -2.23. The number of hydrogen-bond donors (Lipinski definition) is 1. The molecule has 1 N–H and O–H groups in total. The Bertz CT molecular complexity index is 496. The second kappa shape index (κ2) is 6.32. The van der Waals surface area contributed by atoms with Crippen molar-refractivity contribution < 1.29 is 18.0 Å². The first kappa shape index (κ1) is 15.6. The standard InChI is InChI=1S/C14H15F3INO/c15-14(16,17)11-7-6-9(8-12(11)18)13(20)19-10-4-2-1-3-5-10/h6-8,10H,1-5H2,(H,19,20). The quantitative estimate of drug-likeness (QED) is 0.738. The Morgan fingerprint density at radius 3 is 2.40 bits per heavy atom. The number of halogens is 4. The van der Waals surface area contributed by atoms with Gasteiger partial charge in [-0.25, -0.2) is 0 Å². The SMILES string of the molecule is O=C(NC1CCCCC1)c1ccc(C(F)(F)F)c(I)c1. The maximum Gasteiger partial charge on any atom is 0.417 e. The molecular weight excluding hydrogens is 382 g/mol. The third-order valence-electron chi connectivity index (χ3n) is 3.48. The summed E-state index contributed by atoms with van der Waals surface area (Å²) in [5, 5.41) is 2.90. The number of carbonyl (C=O) groups excluding carboxylic acids is 1. The van der Waals surface area contributed by atoms with E-state index in [0.29, 0.717) is 0 Å². The largest absolute Gasteiger partial charge is 0.417 e. The highest BCUT2D eigenvalue weighted by molar-refractivity contribution is 14.1. The van der Waals surface area contributed by atoms with E-state index in [4.69, 9.17) is 0 Å². The third-order valence-corrected chi connectivity index (χ3v) is 4.37. The van der Waals surface area contributed by atoms with E-state index in [1.807, 2.05) is 0 Å². The van der Waals surface area contributed by atoms with Gasteiger partial charge < -0.3 is 5.32 Å². The van der Waals surface area contributed by atoms with Gasteiger partial charge in [-0.3, -0.25) is 4.79 Å². The molecule has 0 radical (unpaired) electrons. The first-order valence-corrected chi connectivity index (χ1v) is 7.63. The van der Waals surface area contributed by atoms with Crippen LogP contribution < -0.4 is 5.32 Å². The first-order valence-electron chi connectivity index (χ1n) is 6.55. The fraction of sp³-hybridized carbons (Fsp3) is 0.500. The lowest BCUT2D eigenvalue weighted by atomic mass is 9.95. The summed E-state index contributed by atoms with van der Waals surface area (Å²) in [6.45, 7) is 0. The number of amides is 1. The van der Waals surface area contributed by atoms with Gasteiger partial charge in [-0.1, -0.05) is 19.3 Å². The van der Waals surface area contributed by atoms with Crippen LogP contribution in [0.15, 0.2) is 18.2 Å². The van der Waals surface area contributed by atoms with Crippen LogP contribution in [0.2, 0.25) is 0 Å². The Morgan fingerprint density at radius 1 is 1.20 bits per heavy atom. The van der Waals surface area contributed by atoms with Gasteiger partial charge in [-0.15, -0.1) is 0 Å². The molecule has 0 heterocycles. The number of hydrogen-bond acceptors (Lipinski definition) is 1. The minimum atomic E-state index is -4.38. The summed E-state index contributed by atoms with van der Waals surface area (Å²) in [4.78, 5) is 12.0. The average molecular weight is 397 g/mol. The Kier molecular flexibility index (Phi) is 4.93. The minimum absolute atomic E-state index is 0.0476. The van der Waals surface area contributed by atoms with Gasteiger partial charge in [0.05, 0.1) is 5.56 Å². The van der Waals surface area contributed by atoms with Crippen LogP contribution in [0.4, 0.5) is 13.2 Å². The second-order valence-electron chi connectivity index (χ2n) is 5.00. The molecule has 1 saturated carbocycles. The highest BCUT2D eigenvalue weighted by atomic mass is 127. The average Bonchev–Trinajstić information content (AvgIpc) is 2.38. The summed E-state index contributed by atoms with van der Waals surface area (Å²) in [5.41, 5.74) is -0.416. The van der Waals surface area contributed by atoms with Crippen LogP contribution in [0.3, 0.4) is 0 Å². The van der Waals surface area contributed by atoms with E-state index in [1.54, 1.807) is 22.6 Å². The normalized spacial score (nSPS) is 17.0. The summed E-state index contributed by atoms with van der Waals surface area (Å²) in [6, 6.07) is 3.65. The zero-order chi connectivity index (χ0) is 14.8. The summed E-state index contributed by atoms with van der Waals surface area (Å²) < 4.78 is 38.0. The molecule has 0 bridgehead atoms. The smallest absolute Gasteiger partial charge is 0.349 e. The van der Waals surface area contributed by atoms with Crippen LogP contribution in [0.1, 0.15) is 48.0 Å². The van der Waals surface area contributed by atoms with E-state index in [2.05, 4.69) is 5.32 Å². The molecule has 20 heavy (non-hydrogen) atoms. The van der Waals surface area contributed by atoms with Gasteiger partial charge in [0, 0.05) is 15.2 Å². The number of rotatable bonds is 2. The van der Waals surface area contributed by atoms with Crippen molar-refractivity contribution in [3.8, 4) is 0 Å². The van der Waals surface area contributed by atoms with Gasteiger partial charge in [0.15, 0.2) is 0 Å². The number of carbonyl (C=O) groups is 1. The summed E-state index contributed by atoms with van der Waals surface area (Å²) in [6.07, 6.45) is 0.886. The fourth-order valence-corrected chi connectivity index (χ4v) is 3.22. The van der Waals surface area contributed by atoms with E-state index in [9.17, 15) is 18.0 Å². The van der Waals surface area contributed by atoms with Crippen LogP contribution in [0.5, 0.6) is 0 Å². The van der Waals surface area contributed by atoms with Crippen LogP contribution in [-0.4, -0.2) is 11.9 Å². The van der Waals surface area contributed by atoms with Crippen LogP contribution in [0, 0.1) is 3.57 Å². The molecule has 1 aliphatic rings. The highest BCUT2D eigenvalue weighted by Gasteiger charge is 2.33. The molecule has 1 aromatic carbocycles. The summed E-state index contributed by atoms with van der Waals surface area (Å²) in [7, 11) is 0. The molecule has 2 rings (SSSR count).